The number of piperazine rings is 1. The Morgan fingerprint density at radius 1 is 0.944 bits per heavy atom. The highest BCUT2D eigenvalue weighted by atomic mass is 15.3. The average molecular weight is 488 g/mol. The number of hydrogen-bond acceptors (Lipinski definition) is 7. The summed E-state index contributed by atoms with van der Waals surface area (Å²) < 4.78 is 0. The molecule has 2 heterocycles. The van der Waals surface area contributed by atoms with Crippen molar-refractivity contribution in [3.05, 3.63) is 65.7 Å². The van der Waals surface area contributed by atoms with E-state index in [2.05, 4.69) is 101 Å². The Hall–Kier alpha value is -3.16. The maximum Gasteiger partial charge on any atom is 0.226 e. The fourth-order valence-corrected chi connectivity index (χ4v) is 4.70. The fraction of sp³-hybridized carbons (Fsp3) is 0.448. The minimum atomic E-state index is 0.668. The summed E-state index contributed by atoms with van der Waals surface area (Å²) in [6.45, 7) is 15.4. The Kier molecular flexibility index (Phi) is 9.53. The van der Waals surface area contributed by atoms with Gasteiger partial charge in [-0.05, 0) is 55.2 Å². The van der Waals surface area contributed by atoms with Crippen molar-refractivity contribution >= 4 is 17.6 Å². The van der Waals surface area contributed by atoms with Crippen LogP contribution >= 0.6 is 0 Å². The average Bonchev–Trinajstić information content (AvgIpc) is 2.93. The number of aromatic nitrogens is 2. The van der Waals surface area contributed by atoms with E-state index in [-0.39, 0.29) is 0 Å². The van der Waals surface area contributed by atoms with Gasteiger partial charge in [0.2, 0.25) is 5.95 Å². The van der Waals surface area contributed by atoms with Gasteiger partial charge in [-0.15, -0.1) is 0 Å². The predicted molar refractivity (Wildman–Crippen MR) is 152 cm³/mol. The van der Waals surface area contributed by atoms with Crippen LogP contribution in [0.15, 0.2) is 54.6 Å². The Morgan fingerprint density at radius 2 is 1.72 bits per heavy atom. The number of rotatable bonds is 12. The molecule has 36 heavy (non-hydrogen) atoms. The highest BCUT2D eigenvalue weighted by Gasteiger charge is 2.15. The molecule has 192 valence electrons. The molecule has 7 heteroatoms. The minimum Gasteiger partial charge on any atom is -0.370 e. The van der Waals surface area contributed by atoms with Crippen LogP contribution in [-0.4, -0.2) is 67.2 Å². The van der Waals surface area contributed by atoms with Gasteiger partial charge in [0.1, 0.15) is 11.6 Å². The van der Waals surface area contributed by atoms with Gasteiger partial charge in [-0.2, -0.15) is 9.97 Å². The number of nitrogens with one attached hydrogen (secondary N) is 3. The van der Waals surface area contributed by atoms with Gasteiger partial charge >= 0.3 is 0 Å². The number of nitrogens with zero attached hydrogens (tertiary/aromatic N) is 4. The summed E-state index contributed by atoms with van der Waals surface area (Å²) in [4.78, 5) is 14.5. The fourth-order valence-electron chi connectivity index (χ4n) is 4.70. The van der Waals surface area contributed by atoms with Gasteiger partial charge in [0, 0.05) is 45.3 Å². The normalized spacial score (nSPS) is 13.7. The molecule has 0 unspecified atom stereocenters. The molecule has 0 saturated carbocycles. The Morgan fingerprint density at radius 3 is 2.47 bits per heavy atom. The van der Waals surface area contributed by atoms with Crippen molar-refractivity contribution < 1.29 is 0 Å². The zero-order valence-electron chi connectivity index (χ0n) is 22.1. The van der Waals surface area contributed by atoms with Crippen LogP contribution in [-0.2, 0) is 6.54 Å². The molecule has 1 fully saturated rings. The minimum absolute atomic E-state index is 0.668. The van der Waals surface area contributed by atoms with Crippen LogP contribution < -0.4 is 20.9 Å². The molecule has 0 bridgehead atoms. The Labute approximate surface area is 216 Å². The van der Waals surface area contributed by atoms with Gasteiger partial charge in [-0.3, -0.25) is 0 Å². The van der Waals surface area contributed by atoms with E-state index in [1.807, 2.05) is 0 Å². The molecule has 0 radical (unpaired) electrons. The zero-order chi connectivity index (χ0) is 25.2. The summed E-state index contributed by atoms with van der Waals surface area (Å²) >= 11 is 0. The Balaban J connectivity index is 1.48. The van der Waals surface area contributed by atoms with Gasteiger partial charge in [-0.1, -0.05) is 62.4 Å². The van der Waals surface area contributed by atoms with E-state index in [4.69, 9.17) is 9.97 Å². The monoisotopic (exact) mass is 487 g/mol. The molecule has 4 rings (SSSR count). The first-order valence-electron chi connectivity index (χ1n) is 13.4. The third kappa shape index (κ3) is 6.95. The molecule has 7 nitrogen and oxygen atoms in total. The van der Waals surface area contributed by atoms with Crippen LogP contribution in [0.4, 0.5) is 17.6 Å². The number of hydrogen-bond donors (Lipinski definition) is 3. The second-order valence-electron chi connectivity index (χ2n) is 9.29. The lowest BCUT2D eigenvalue weighted by Gasteiger charge is -2.29. The van der Waals surface area contributed by atoms with E-state index in [0.29, 0.717) is 12.5 Å². The quantitative estimate of drug-likeness (QED) is 0.322. The van der Waals surface area contributed by atoms with Crippen molar-refractivity contribution in [1.82, 2.24) is 20.2 Å². The predicted octanol–water partition coefficient (Wildman–Crippen LogP) is 4.62. The summed E-state index contributed by atoms with van der Waals surface area (Å²) in [5.41, 5.74) is 5.04. The van der Waals surface area contributed by atoms with E-state index >= 15 is 0 Å². The lowest BCUT2D eigenvalue weighted by atomic mass is 9.96. The maximum absolute atomic E-state index is 4.89. The lowest BCUT2D eigenvalue weighted by molar-refractivity contribution is 0.303. The van der Waals surface area contributed by atoms with Gasteiger partial charge < -0.3 is 25.8 Å². The van der Waals surface area contributed by atoms with Crippen LogP contribution in [0.3, 0.4) is 0 Å². The van der Waals surface area contributed by atoms with E-state index in [0.717, 1.165) is 70.4 Å². The maximum atomic E-state index is 4.89. The molecule has 0 spiro atoms. The van der Waals surface area contributed by atoms with Gasteiger partial charge in [-0.25, -0.2) is 0 Å². The van der Waals surface area contributed by atoms with Crippen molar-refractivity contribution in [3.63, 3.8) is 0 Å². The van der Waals surface area contributed by atoms with E-state index < -0.39 is 0 Å². The smallest absolute Gasteiger partial charge is 0.226 e. The summed E-state index contributed by atoms with van der Waals surface area (Å²) in [6.07, 6.45) is 1.09. The third-order valence-corrected chi connectivity index (χ3v) is 6.97. The van der Waals surface area contributed by atoms with E-state index in [1.165, 1.54) is 22.3 Å². The molecule has 2 aromatic carbocycles. The van der Waals surface area contributed by atoms with E-state index in [1.54, 1.807) is 0 Å². The first kappa shape index (κ1) is 25.9. The molecule has 3 aromatic rings. The summed E-state index contributed by atoms with van der Waals surface area (Å²) in [7, 11) is 0. The number of anilines is 3. The highest BCUT2D eigenvalue weighted by molar-refractivity contribution is 5.68. The standard InChI is InChI=1S/C29H41N7/c1-4-35(5-2)18-10-15-31-27-21-28(36-19-16-30-17-20-36)34-29(33-27)32-22-25-13-9-14-26(23(25)3)24-11-7-6-8-12-24/h6-9,11-14,21,30H,4-5,10,15-20,22H2,1-3H3,(H2,31,32,33,34). The molecule has 1 saturated heterocycles. The Bertz CT molecular complexity index is 1080. The third-order valence-electron chi connectivity index (χ3n) is 6.97. The van der Waals surface area contributed by atoms with Crippen molar-refractivity contribution in [3.8, 4) is 11.1 Å². The summed E-state index contributed by atoms with van der Waals surface area (Å²) in [5, 5.41) is 10.5. The van der Waals surface area contributed by atoms with Crippen molar-refractivity contribution in [2.24, 2.45) is 0 Å². The SMILES string of the molecule is CCN(CC)CCCNc1cc(N2CCNCC2)nc(NCc2cccc(-c3ccccc3)c2C)n1. The second kappa shape index (κ2) is 13.2. The largest absolute Gasteiger partial charge is 0.370 e. The first-order valence-corrected chi connectivity index (χ1v) is 13.4. The van der Waals surface area contributed by atoms with Crippen LogP contribution in [0, 0.1) is 6.92 Å². The first-order chi connectivity index (χ1) is 17.7. The summed E-state index contributed by atoms with van der Waals surface area (Å²) in [5.74, 6) is 2.53. The molecular formula is C29H41N7. The number of benzene rings is 2. The molecule has 0 amide bonds. The van der Waals surface area contributed by atoms with E-state index in [9.17, 15) is 0 Å². The van der Waals surface area contributed by atoms with Crippen LogP contribution in [0.1, 0.15) is 31.4 Å². The molecule has 3 N–H and O–H groups in total. The van der Waals surface area contributed by atoms with Crippen molar-refractivity contribution in [1.29, 1.82) is 0 Å². The second-order valence-corrected chi connectivity index (χ2v) is 9.29. The van der Waals surface area contributed by atoms with Crippen molar-refractivity contribution in [2.75, 3.05) is 67.9 Å². The van der Waals surface area contributed by atoms with Crippen LogP contribution in [0.5, 0.6) is 0 Å². The molecule has 1 aromatic heterocycles. The van der Waals surface area contributed by atoms with Gasteiger partial charge in [0.25, 0.3) is 0 Å². The summed E-state index contributed by atoms with van der Waals surface area (Å²) in [6, 6.07) is 19.2. The van der Waals surface area contributed by atoms with Crippen LogP contribution in [0.2, 0.25) is 0 Å². The molecule has 1 aliphatic heterocycles. The highest BCUT2D eigenvalue weighted by Crippen LogP contribution is 2.26. The van der Waals surface area contributed by atoms with Crippen molar-refractivity contribution in [2.45, 2.75) is 33.7 Å². The zero-order valence-corrected chi connectivity index (χ0v) is 22.1. The molecular weight excluding hydrogens is 446 g/mol. The molecule has 0 aliphatic carbocycles. The van der Waals surface area contributed by atoms with Gasteiger partial charge in [0.05, 0.1) is 0 Å². The van der Waals surface area contributed by atoms with Crippen LogP contribution in [0.25, 0.3) is 11.1 Å². The van der Waals surface area contributed by atoms with Gasteiger partial charge in [0.15, 0.2) is 0 Å². The molecule has 0 atom stereocenters. The lowest BCUT2D eigenvalue weighted by Crippen LogP contribution is -2.44. The molecule has 1 aliphatic rings. The topological polar surface area (TPSA) is 68.3 Å².